The van der Waals surface area contributed by atoms with Crippen molar-refractivity contribution < 1.29 is 22.8 Å². The Morgan fingerprint density at radius 3 is 2.51 bits per heavy atom. The van der Waals surface area contributed by atoms with Crippen LogP contribution in [0, 0.1) is 13.8 Å². The molecule has 0 aliphatic rings. The van der Waals surface area contributed by atoms with Crippen LogP contribution in [0.4, 0.5) is 24.5 Å². The number of carbonyl (C=O) groups excluding carboxylic acids is 2. The summed E-state index contributed by atoms with van der Waals surface area (Å²) >= 11 is 1.06. The van der Waals surface area contributed by atoms with Crippen LogP contribution in [0.2, 0.25) is 0 Å². The largest absolute Gasteiger partial charge is 0.416 e. The van der Waals surface area contributed by atoms with E-state index in [1.165, 1.54) is 18.5 Å². The van der Waals surface area contributed by atoms with Gasteiger partial charge in [0.25, 0.3) is 11.5 Å². The molecule has 11 heteroatoms. The molecule has 0 saturated heterocycles. The van der Waals surface area contributed by atoms with E-state index in [-0.39, 0.29) is 17.0 Å². The van der Waals surface area contributed by atoms with Gasteiger partial charge in [-0.05, 0) is 49.2 Å². The van der Waals surface area contributed by atoms with Gasteiger partial charge < -0.3 is 10.6 Å². The highest BCUT2D eigenvalue weighted by Crippen LogP contribution is 2.31. The summed E-state index contributed by atoms with van der Waals surface area (Å²) in [6.45, 7) is 3.03. The Morgan fingerprint density at radius 1 is 1.06 bits per heavy atom. The van der Waals surface area contributed by atoms with Gasteiger partial charge in [-0.15, -0.1) is 11.3 Å². The van der Waals surface area contributed by atoms with E-state index in [1.807, 2.05) is 19.1 Å². The predicted molar refractivity (Wildman–Crippen MR) is 128 cm³/mol. The number of carbonyl (C=O) groups is 2. The summed E-state index contributed by atoms with van der Waals surface area (Å²) in [5.41, 5.74) is 0.478. The zero-order valence-corrected chi connectivity index (χ0v) is 19.4. The van der Waals surface area contributed by atoms with Crippen LogP contribution in [0.15, 0.2) is 59.7 Å². The van der Waals surface area contributed by atoms with E-state index in [1.54, 1.807) is 19.1 Å². The fourth-order valence-corrected chi connectivity index (χ4v) is 4.54. The summed E-state index contributed by atoms with van der Waals surface area (Å²) in [6.07, 6.45) is -3.37. The predicted octanol–water partition coefficient (Wildman–Crippen LogP) is 4.98. The molecule has 180 valence electrons. The van der Waals surface area contributed by atoms with Gasteiger partial charge in [0.05, 0.1) is 22.2 Å². The smallest absolute Gasteiger partial charge is 0.325 e. The van der Waals surface area contributed by atoms with Crippen LogP contribution in [-0.4, -0.2) is 21.4 Å². The molecule has 35 heavy (non-hydrogen) atoms. The van der Waals surface area contributed by atoms with Gasteiger partial charge >= 0.3 is 6.18 Å². The molecule has 0 radical (unpaired) electrons. The van der Waals surface area contributed by atoms with Crippen LogP contribution >= 0.6 is 11.3 Å². The lowest BCUT2D eigenvalue weighted by Gasteiger charge is -2.10. The summed E-state index contributed by atoms with van der Waals surface area (Å²) in [6, 6.07) is 11.5. The number of para-hydroxylation sites is 1. The quantitative estimate of drug-likeness (QED) is 0.404. The Labute approximate surface area is 201 Å². The van der Waals surface area contributed by atoms with Gasteiger partial charge in [0, 0.05) is 11.4 Å². The van der Waals surface area contributed by atoms with Crippen molar-refractivity contribution in [1.29, 1.82) is 0 Å². The number of anilines is 2. The van der Waals surface area contributed by atoms with Crippen molar-refractivity contribution in [1.82, 2.24) is 9.55 Å². The standard InChI is InChI=1S/C24H19F3N4O3S/c1-13-6-3-4-9-17(13)30-21(33)20-14(2)19-22(35-20)28-12-31(23(19)34)11-18(32)29-16-8-5-7-15(10-16)24(25,26)27/h3-10,12H,11H2,1-2H3,(H,29,32)(H,30,33). The van der Waals surface area contributed by atoms with Crippen molar-refractivity contribution in [2.45, 2.75) is 26.6 Å². The molecule has 0 bridgehead atoms. The minimum atomic E-state index is -4.55. The van der Waals surface area contributed by atoms with Crippen LogP contribution in [0.25, 0.3) is 10.2 Å². The third kappa shape index (κ3) is 5.09. The van der Waals surface area contributed by atoms with Crippen LogP contribution in [0.1, 0.15) is 26.4 Å². The molecular weight excluding hydrogens is 481 g/mol. The molecule has 2 aromatic carbocycles. The molecule has 0 unspecified atom stereocenters. The van der Waals surface area contributed by atoms with Crippen molar-refractivity contribution in [3.8, 4) is 0 Å². The minimum Gasteiger partial charge on any atom is -0.325 e. The van der Waals surface area contributed by atoms with Crippen molar-refractivity contribution in [3.63, 3.8) is 0 Å². The Hall–Kier alpha value is -3.99. The molecule has 0 atom stereocenters. The minimum absolute atomic E-state index is 0.0474. The first-order chi connectivity index (χ1) is 16.5. The first-order valence-electron chi connectivity index (χ1n) is 10.4. The fourth-order valence-electron chi connectivity index (χ4n) is 3.51. The number of aromatic nitrogens is 2. The molecule has 2 aromatic heterocycles. The lowest BCUT2D eigenvalue weighted by Crippen LogP contribution is -2.28. The molecule has 4 rings (SSSR count). The van der Waals surface area contributed by atoms with E-state index in [2.05, 4.69) is 15.6 Å². The average Bonchev–Trinajstić information content (AvgIpc) is 3.14. The molecule has 0 aliphatic heterocycles. The van der Waals surface area contributed by atoms with Crippen LogP contribution < -0.4 is 16.2 Å². The van der Waals surface area contributed by atoms with Crippen LogP contribution in [0.5, 0.6) is 0 Å². The van der Waals surface area contributed by atoms with Crippen molar-refractivity contribution in [2.75, 3.05) is 10.6 Å². The fraction of sp³-hybridized carbons (Fsp3) is 0.167. The molecule has 2 N–H and O–H groups in total. The Kier molecular flexibility index (Phi) is 6.44. The van der Waals surface area contributed by atoms with Gasteiger partial charge in [-0.3, -0.25) is 19.0 Å². The summed E-state index contributed by atoms with van der Waals surface area (Å²) < 4.78 is 39.7. The first kappa shape index (κ1) is 24.1. The second-order valence-electron chi connectivity index (χ2n) is 7.81. The summed E-state index contributed by atoms with van der Waals surface area (Å²) in [7, 11) is 0. The molecule has 2 heterocycles. The Bertz CT molecular complexity index is 1510. The Morgan fingerprint density at radius 2 is 1.80 bits per heavy atom. The maximum atomic E-state index is 13.0. The van der Waals surface area contributed by atoms with Gasteiger partial charge in [0.2, 0.25) is 5.91 Å². The van der Waals surface area contributed by atoms with Gasteiger partial charge in [-0.1, -0.05) is 24.3 Å². The topological polar surface area (TPSA) is 93.1 Å². The van der Waals surface area contributed by atoms with Crippen molar-refractivity contribution in [2.24, 2.45) is 0 Å². The number of hydrogen-bond donors (Lipinski definition) is 2. The summed E-state index contributed by atoms with van der Waals surface area (Å²) in [5, 5.41) is 5.40. The van der Waals surface area contributed by atoms with E-state index in [9.17, 15) is 27.6 Å². The number of nitrogens with zero attached hydrogens (tertiary/aromatic N) is 2. The first-order valence-corrected chi connectivity index (χ1v) is 11.2. The number of benzene rings is 2. The van der Waals surface area contributed by atoms with E-state index >= 15 is 0 Å². The van der Waals surface area contributed by atoms with E-state index < -0.39 is 29.8 Å². The number of alkyl halides is 3. The average molecular weight is 501 g/mol. The molecule has 2 amide bonds. The maximum absolute atomic E-state index is 13.0. The van der Waals surface area contributed by atoms with E-state index in [0.717, 1.165) is 33.6 Å². The normalized spacial score (nSPS) is 11.5. The van der Waals surface area contributed by atoms with E-state index in [0.29, 0.717) is 21.0 Å². The lowest BCUT2D eigenvalue weighted by molar-refractivity contribution is -0.137. The highest BCUT2D eigenvalue weighted by atomic mass is 32.1. The highest BCUT2D eigenvalue weighted by molar-refractivity contribution is 7.20. The van der Waals surface area contributed by atoms with Gasteiger partial charge in [-0.25, -0.2) is 4.98 Å². The SMILES string of the molecule is Cc1ccccc1NC(=O)c1sc2ncn(CC(=O)Nc3cccc(C(F)(F)F)c3)c(=O)c2c1C. The third-order valence-corrected chi connectivity index (χ3v) is 6.50. The van der Waals surface area contributed by atoms with E-state index in [4.69, 9.17) is 0 Å². The van der Waals surface area contributed by atoms with Crippen LogP contribution in [0.3, 0.4) is 0 Å². The maximum Gasteiger partial charge on any atom is 0.416 e. The molecule has 0 spiro atoms. The second-order valence-corrected chi connectivity index (χ2v) is 8.81. The number of thiophene rings is 1. The van der Waals surface area contributed by atoms with Crippen molar-refractivity contribution in [3.05, 3.63) is 86.8 Å². The van der Waals surface area contributed by atoms with Gasteiger partial charge in [0.1, 0.15) is 11.4 Å². The van der Waals surface area contributed by atoms with Gasteiger partial charge in [0.15, 0.2) is 0 Å². The van der Waals surface area contributed by atoms with Crippen molar-refractivity contribution >= 4 is 44.7 Å². The number of aryl methyl sites for hydroxylation is 2. The van der Waals surface area contributed by atoms with Gasteiger partial charge in [-0.2, -0.15) is 13.2 Å². The third-order valence-electron chi connectivity index (χ3n) is 5.30. The number of rotatable bonds is 5. The number of nitrogens with one attached hydrogen (secondary N) is 2. The molecule has 7 nitrogen and oxygen atoms in total. The summed E-state index contributed by atoms with van der Waals surface area (Å²) in [4.78, 5) is 43.2. The second kappa shape index (κ2) is 9.34. The van der Waals surface area contributed by atoms with Crippen LogP contribution in [-0.2, 0) is 17.5 Å². The zero-order valence-electron chi connectivity index (χ0n) is 18.6. The number of halogens is 3. The molecule has 0 aliphatic carbocycles. The summed E-state index contributed by atoms with van der Waals surface area (Å²) in [5.74, 6) is -1.08. The molecule has 4 aromatic rings. The molecule has 0 saturated carbocycles. The lowest BCUT2D eigenvalue weighted by atomic mass is 10.2. The molecular formula is C24H19F3N4O3S. The zero-order chi connectivity index (χ0) is 25.3. The Balaban J connectivity index is 1.56. The number of amides is 2. The number of hydrogen-bond acceptors (Lipinski definition) is 5. The highest BCUT2D eigenvalue weighted by Gasteiger charge is 2.30. The molecule has 0 fully saturated rings. The number of fused-ring (bicyclic) bond motifs is 1. The monoisotopic (exact) mass is 500 g/mol.